The SMILES string of the molecule is Cc1ccc(C)c(CC(=O)C(C)C2CCC(C)CC2)c1. The van der Waals surface area contributed by atoms with Crippen LogP contribution in [-0.2, 0) is 11.2 Å². The highest BCUT2D eigenvalue weighted by Gasteiger charge is 2.27. The van der Waals surface area contributed by atoms with Crippen LogP contribution in [0.2, 0.25) is 0 Å². The van der Waals surface area contributed by atoms with E-state index >= 15 is 0 Å². The second kappa shape index (κ2) is 6.56. The molecular weight excluding hydrogens is 244 g/mol. The van der Waals surface area contributed by atoms with Crippen LogP contribution in [0.4, 0.5) is 0 Å². The van der Waals surface area contributed by atoms with Crippen molar-refractivity contribution in [1.82, 2.24) is 0 Å². The second-order valence-electron chi connectivity index (χ2n) is 6.88. The summed E-state index contributed by atoms with van der Waals surface area (Å²) < 4.78 is 0. The maximum atomic E-state index is 12.6. The summed E-state index contributed by atoms with van der Waals surface area (Å²) >= 11 is 0. The van der Waals surface area contributed by atoms with E-state index in [1.165, 1.54) is 42.4 Å². The number of aryl methyl sites for hydroxylation is 2. The number of hydrogen-bond acceptors (Lipinski definition) is 1. The first kappa shape index (κ1) is 15.3. The van der Waals surface area contributed by atoms with Gasteiger partial charge >= 0.3 is 0 Å². The molecule has 0 heterocycles. The smallest absolute Gasteiger partial charge is 0.140 e. The molecular formula is C19H28O. The third-order valence-electron chi connectivity index (χ3n) is 5.14. The lowest BCUT2D eigenvalue weighted by atomic mass is 9.75. The minimum Gasteiger partial charge on any atom is -0.299 e. The van der Waals surface area contributed by atoms with Crippen LogP contribution in [0.15, 0.2) is 18.2 Å². The van der Waals surface area contributed by atoms with Crippen LogP contribution in [0.3, 0.4) is 0 Å². The number of benzene rings is 1. The third kappa shape index (κ3) is 3.71. The van der Waals surface area contributed by atoms with Gasteiger partial charge in [-0.05, 0) is 49.7 Å². The van der Waals surface area contributed by atoms with Gasteiger partial charge in [-0.2, -0.15) is 0 Å². The molecule has 0 bridgehead atoms. The Balaban J connectivity index is 1.99. The largest absolute Gasteiger partial charge is 0.299 e. The summed E-state index contributed by atoms with van der Waals surface area (Å²) in [6.07, 6.45) is 5.68. The molecule has 0 saturated heterocycles. The third-order valence-corrected chi connectivity index (χ3v) is 5.14. The molecule has 1 unspecified atom stereocenters. The van der Waals surface area contributed by atoms with Gasteiger partial charge in [-0.1, -0.05) is 50.5 Å². The number of ketones is 1. The van der Waals surface area contributed by atoms with E-state index in [0.717, 1.165) is 5.92 Å². The Kier molecular flexibility index (Phi) is 5.01. The average molecular weight is 272 g/mol. The highest BCUT2D eigenvalue weighted by molar-refractivity contribution is 5.83. The number of carbonyl (C=O) groups excluding carboxylic acids is 1. The summed E-state index contributed by atoms with van der Waals surface area (Å²) in [6.45, 7) is 8.68. The van der Waals surface area contributed by atoms with Crippen LogP contribution in [0.5, 0.6) is 0 Å². The molecule has 110 valence electrons. The summed E-state index contributed by atoms with van der Waals surface area (Å²) in [5.41, 5.74) is 3.71. The van der Waals surface area contributed by atoms with Crippen LogP contribution in [0.25, 0.3) is 0 Å². The van der Waals surface area contributed by atoms with Crippen molar-refractivity contribution in [2.45, 2.75) is 59.8 Å². The zero-order valence-electron chi connectivity index (χ0n) is 13.4. The van der Waals surface area contributed by atoms with E-state index in [1.54, 1.807) is 0 Å². The fourth-order valence-corrected chi connectivity index (χ4v) is 3.39. The lowest BCUT2D eigenvalue weighted by molar-refractivity contribution is -0.123. The van der Waals surface area contributed by atoms with Gasteiger partial charge in [0, 0.05) is 12.3 Å². The Labute approximate surface area is 123 Å². The van der Waals surface area contributed by atoms with Crippen LogP contribution in [-0.4, -0.2) is 5.78 Å². The van der Waals surface area contributed by atoms with Gasteiger partial charge in [-0.15, -0.1) is 0 Å². The van der Waals surface area contributed by atoms with Gasteiger partial charge in [0.1, 0.15) is 5.78 Å². The Bertz CT molecular complexity index is 467. The van der Waals surface area contributed by atoms with Gasteiger partial charge in [0.15, 0.2) is 0 Å². The van der Waals surface area contributed by atoms with Gasteiger partial charge in [-0.3, -0.25) is 4.79 Å². The topological polar surface area (TPSA) is 17.1 Å². The Morgan fingerprint density at radius 2 is 1.85 bits per heavy atom. The lowest BCUT2D eigenvalue weighted by Gasteiger charge is -2.30. The number of rotatable bonds is 4. The van der Waals surface area contributed by atoms with Gasteiger partial charge in [0.25, 0.3) is 0 Å². The van der Waals surface area contributed by atoms with E-state index in [2.05, 4.69) is 45.9 Å². The maximum absolute atomic E-state index is 12.6. The molecule has 20 heavy (non-hydrogen) atoms. The highest BCUT2D eigenvalue weighted by Crippen LogP contribution is 2.34. The van der Waals surface area contributed by atoms with Gasteiger partial charge in [0.2, 0.25) is 0 Å². The molecule has 0 N–H and O–H groups in total. The highest BCUT2D eigenvalue weighted by atomic mass is 16.1. The molecule has 1 heteroatoms. The zero-order chi connectivity index (χ0) is 14.7. The molecule has 1 atom stereocenters. The molecule has 1 aromatic carbocycles. The summed E-state index contributed by atoms with van der Waals surface area (Å²) in [5.74, 6) is 2.12. The standard InChI is InChI=1S/C19H28O/c1-13-6-9-17(10-7-13)16(4)19(20)12-18-11-14(2)5-8-15(18)3/h5,8,11,13,16-17H,6-7,9-10,12H2,1-4H3. The molecule has 0 radical (unpaired) electrons. The molecule has 1 aliphatic rings. The van der Waals surface area contributed by atoms with Gasteiger partial charge in [-0.25, -0.2) is 0 Å². The Morgan fingerprint density at radius 3 is 2.50 bits per heavy atom. The number of hydrogen-bond donors (Lipinski definition) is 0. The molecule has 1 saturated carbocycles. The van der Waals surface area contributed by atoms with Crippen LogP contribution < -0.4 is 0 Å². The molecule has 0 aliphatic heterocycles. The number of carbonyl (C=O) groups is 1. The first-order chi connectivity index (χ1) is 9.47. The Morgan fingerprint density at radius 1 is 1.20 bits per heavy atom. The zero-order valence-corrected chi connectivity index (χ0v) is 13.4. The predicted molar refractivity (Wildman–Crippen MR) is 84.9 cm³/mol. The summed E-state index contributed by atoms with van der Waals surface area (Å²) in [6, 6.07) is 6.42. The van der Waals surface area contributed by atoms with Crippen molar-refractivity contribution in [2.75, 3.05) is 0 Å². The van der Waals surface area contributed by atoms with Crippen LogP contribution >= 0.6 is 0 Å². The van der Waals surface area contributed by atoms with E-state index in [9.17, 15) is 4.79 Å². The van der Waals surface area contributed by atoms with Gasteiger partial charge < -0.3 is 0 Å². The van der Waals surface area contributed by atoms with Crippen molar-refractivity contribution < 1.29 is 4.79 Å². The van der Waals surface area contributed by atoms with E-state index < -0.39 is 0 Å². The van der Waals surface area contributed by atoms with E-state index in [1.807, 2.05) is 0 Å². The first-order valence-electron chi connectivity index (χ1n) is 8.06. The average Bonchev–Trinajstić information content (AvgIpc) is 2.43. The molecule has 1 nitrogen and oxygen atoms in total. The maximum Gasteiger partial charge on any atom is 0.140 e. The van der Waals surface area contributed by atoms with Crippen molar-refractivity contribution in [2.24, 2.45) is 17.8 Å². The summed E-state index contributed by atoms with van der Waals surface area (Å²) in [4.78, 5) is 12.6. The monoisotopic (exact) mass is 272 g/mol. The van der Waals surface area contributed by atoms with Crippen molar-refractivity contribution in [3.8, 4) is 0 Å². The molecule has 2 rings (SSSR count). The molecule has 1 aliphatic carbocycles. The van der Waals surface area contributed by atoms with E-state index in [4.69, 9.17) is 0 Å². The van der Waals surface area contributed by atoms with Crippen molar-refractivity contribution in [1.29, 1.82) is 0 Å². The minimum absolute atomic E-state index is 0.224. The Hall–Kier alpha value is -1.11. The molecule has 1 aromatic rings. The van der Waals surface area contributed by atoms with E-state index in [0.29, 0.717) is 18.1 Å². The minimum atomic E-state index is 0.224. The molecule has 0 amide bonds. The predicted octanol–water partition coefficient (Wildman–Crippen LogP) is 4.88. The van der Waals surface area contributed by atoms with Crippen LogP contribution in [0.1, 0.15) is 56.2 Å². The van der Waals surface area contributed by atoms with Crippen molar-refractivity contribution in [3.05, 3.63) is 34.9 Å². The molecule has 0 aromatic heterocycles. The first-order valence-corrected chi connectivity index (χ1v) is 8.06. The summed E-state index contributed by atoms with van der Waals surface area (Å²) in [7, 11) is 0. The van der Waals surface area contributed by atoms with Crippen LogP contribution in [0, 0.1) is 31.6 Å². The van der Waals surface area contributed by atoms with Crippen molar-refractivity contribution >= 4 is 5.78 Å². The normalized spacial score (nSPS) is 24.4. The second-order valence-corrected chi connectivity index (χ2v) is 6.88. The van der Waals surface area contributed by atoms with Gasteiger partial charge in [0.05, 0.1) is 0 Å². The fraction of sp³-hybridized carbons (Fsp3) is 0.632. The lowest BCUT2D eigenvalue weighted by Crippen LogP contribution is -2.26. The summed E-state index contributed by atoms with van der Waals surface area (Å²) in [5, 5.41) is 0. The van der Waals surface area contributed by atoms with E-state index in [-0.39, 0.29) is 5.92 Å². The molecule has 0 spiro atoms. The molecule has 1 fully saturated rings. The fourth-order valence-electron chi connectivity index (χ4n) is 3.39. The van der Waals surface area contributed by atoms with Crippen molar-refractivity contribution in [3.63, 3.8) is 0 Å². The quantitative estimate of drug-likeness (QED) is 0.763. The number of Topliss-reactive ketones (excluding diaryl/α,β-unsaturated/α-hetero) is 1.